The van der Waals surface area contributed by atoms with E-state index in [4.69, 9.17) is 0 Å². The molecule has 2 heterocycles. The minimum atomic E-state index is 0.183. The lowest BCUT2D eigenvalue weighted by molar-refractivity contribution is -0.125. The normalized spacial score (nSPS) is 20.0. The lowest BCUT2D eigenvalue weighted by Crippen LogP contribution is -2.41. The number of hydrogen-bond donors (Lipinski definition) is 1. The highest BCUT2D eigenvalue weighted by Gasteiger charge is 2.30. The highest BCUT2D eigenvalue weighted by atomic mass is 79.9. The molecule has 1 N–H and O–H groups in total. The summed E-state index contributed by atoms with van der Waals surface area (Å²) < 4.78 is 1.01. The van der Waals surface area contributed by atoms with Crippen LogP contribution in [0.3, 0.4) is 0 Å². The van der Waals surface area contributed by atoms with Crippen molar-refractivity contribution in [3.05, 3.63) is 22.3 Å². The van der Waals surface area contributed by atoms with Crippen LogP contribution in [-0.2, 0) is 4.79 Å². The van der Waals surface area contributed by atoms with Gasteiger partial charge in [-0.15, -0.1) is 0 Å². The van der Waals surface area contributed by atoms with Gasteiger partial charge in [-0.3, -0.25) is 4.79 Å². The summed E-state index contributed by atoms with van der Waals surface area (Å²) in [6.07, 6.45) is 6.01. The molecule has 1 aliphatic carbocycles. The predicted molar refractivity (Wildman–Crippen MR) is 82.8 cm³/mol. The van der Waals surface area contributed by atoms with E-state index in [1.165, 1.54) is 5.56 Å². The lowest BCUT2D eigenvalue weighted by atomic mass is 9.95. The van der Waals surface area contributed by atoms with Gasteiger partial charge in [-0.05, 0) is 60.2 Å². The smallest absolute Gasteiger partial charge is 0.223 e. The third kappa shape index (κ3) is 3.14. The summed E-state index contributed by atoms with van der Waals surface area (Å²) in [5, 5.41) is 3.12. The van der Waals surface area contributed by atoms with Gasteiger partial charge in [0.2, 0.25) is 5.91 Å². The van der Waals surface area contributed by atoms with Crippen LogP contribution in [0.2, 0.25) is 0 Å². The first-order valence-corrected chi connectivity index (χ1v) is 8.10. The molecule has 5 heteroatoms. The second-order valence-electron chi connectivity index (χ2n) is 5.84. The number of nitrogens with zero attached hydrogens (tertiary/aromatic N) is 2. The van der Waals surface area contributed by atoms with Crippen molar-refractivity contribution in [3.63, 3.8) is 0 Å². The standard InChI is InChI=1S/C15H20BrN3O/c1-10-8-12(16)9-17-14(10)19-6-4-11(5-7-19)15(20)18-13-2-3-13/h8-9,11,13H,2-7H2,1H3,(H,18,20). The van der Waals surface area contributed by atoms with E-state index in [0.717, 1.165) is 49.1 Å². The van der Waals surface area contributed by atoms with Crippen LogP contribution < -0.4 is 10.2 Å². The van der Waals surface area contributed by atoms with Crippen LogP contribution >= 0.6 is 15.9 Å². The second kappa shape index (κ2) is 5.72. The molecule has 1 saturated heterocycles. The first-order valence-electron chi connectivity index (χ1n) is 7.31. The maximum atomic E-state index is 12.1. The molecule has 108 valence electrons. The van der Waals surface area contributed by atoms with Gasteiger partial charge in [-0.2, -0.15) is 0 Å². The molecule has 0 radical (unpaired) electrons. The first kappa shape index (κ1) is 13.9. The number of aryl methyl sites for hydroxylation is 1. The van der Waals surface area contributed by atoms with Crippen molar-refractivity contribution in [2.75, 3.05) is 18.0 Å². The summed E-state index contributed by atoms with van der Waals surface area (Å²) in [6, 6.07) is 2.56. The van der Waals surface area contributed by atoms with Gasteiger partial charge in [0.25, 0.3) is 0 Å². The van der Waals surface area contributed by atoms with Gasteiger partial charge in [0.05, 0.1) is 0 Å². The van der Waals surface area contributed by atoms with Crippen LogP contribution in [-0.4, -0.2) is 30.0 Å². The Bertz CT molecular complexity index is 508. The van der Waals surface area contributed by atoms with Gasteiger partial charge in [0.1, 0.15) is 5.82 Å². The van der Waals surface area contributed by atoms with Crippen LogP contribution in [0.4, 0.5) is 5.82 Å². The zero-order valence-electron chi connectivity index (χ0n) is 11.7. The molecule has 2 fully saturated rings. The molecule has 1 saturated carbocycles. The molecule has 20 heavy (non-hydrogen) atoms. The molecule has 1 aliphatic heterocycles. The Hall–Kier alpha value is -1.10. The summed E-state index contributed by atoms with van der Waals surface area (Å²) in [5.41, 5.74) is 1.18. The third-order valence-corrected chi connectivity index (χ3v) is 4.54. The maximum Gasteiger partial charge on any atom is 0.223 e. The van der Waals surface area contributed by atoms with Gasteiger partial charge < -0.3 is 10.2 Å². The molecule has 4 nitrogen and oxygen atoms in total. The van der Waals surface area contributed by atoms with Crippen molar-refractivity contribution in [3.8, 4) is 0 Å². The number of pyridine rings is 1. The largest absolute Gasteiger partial charge is 0.356 e. The zero-order valence-corrected chi connectivity index (χ0v) is 13.3. The van der Waals surface area contributed by atoms with Crippen molar-refractivity contribution in [1.29, 1.82) is 0 Å². The van der Waals surface area contributed by atoms with Crippen molar-refractivity contribution in [2.24, 2.45) is 5.92 Å². The van der Waals surface area contributed by atoms with Crippen LogP contribution in [0, 0.1) is 12.8 Å². The molecule has 0 bridgehead atoms. The Morgan fingerprint density at radius 2 is 2.05 bits per heavy atom. The average molecular weight is 338 g/mol. The fraction of sp³-hybridized carbons (Fsp3) is 0.600. The zero-order chi connectivity index (χ0) is 14.1. The van der Waals surface area contributed by atoms with Crippen LogP contribution in [0.1, 0.15) is 31.2 Å². The van der Waals surface area contributed by atoms with E-state index in [1.54, 1.807) is 0 Å². The van der Waals surface area contributed by atoms with E-state index in [9.17, 15) is 4.79 Å². The molecule has 0 atom stereocenters. The number of piperidine rings is 1. The third-order valence-electron chi connectivity index (χ3n) is 4.11. The first-order chi connectivity index (χ1) is 9.63. The molecule has 3 rings (SSSR count). The van der Waals surface area contributed by atoms with Crippen LogP contribution in [0.5, 0.6) is 0 Å². The summed E-state index contributed by atoms with van der Waals surface area (Å²) in [5.74, 6) is 1.49. The van der Waals surface area contributed by atoms with Crippen molar-refractivity contribution in [1.82, 2.24) is 10.3 Å². The number of aromatic nitrogens is 1. The Morgan fingerprint density at radius 3 is 2.65 bits per heavy atom. The summed E-state index contributed by atoms with van der Waals surface area (Å²) in [4.78, 5) is 18.9. The van der Waals surface area contributed by atoms with Gasteiger partial charge in [-0.1, -0.05) is 0 Å². The topological polar surface area (TPSA) is 45.2 Å². The number of amides is 1. The molecule has 2 aliphatic rings. The maximum absolute atomic E-state index is 12.1. The van der Waals surface area contributed by atoms with E-state index in [-0.39, 0.29) is 11.8 Å². The Labute approximate surface area is 128 Å². The number of rotatable bonds is 3. The molecule has 1 aromatic rings. The molecular formula is C15H20BrN3O. The van der Waals surface area contributed by atoms with E-state index in [1.807, 2.05) is 6.20 Å². The fourth-order valence-electron chi connectivity index (χ4n) is 2.76. The Morgan fingerprint density at radius 1 is 1.35 bits per heavy atom. The Kier molecular flexibility index (Phi) is 3.96. The average Bonchev–Trinajstić information content (AvgIpc) is 3.23. The number of carbonyl (C=O) groups excluding carboxylic acids is 1. The molecule has 1 aromatic heterocycles. The van der Waals surface area contributed by atoms with E-state index >= 15 is 0 Å². The molecular weight excluding hydrogens is 318 g/mol. The molecule has 0 unspecified atom stereocenters. The monoisotopic (exact) mass is 337 g/mol. The van der Waals surface area contributed by atoms with Gasteiger partial charge in [0.15, 0.2) is 0 Å². The quantitative estimate of drug-likeness (QED) is 0.922. The van der Waals surface area contributed by atoms with Crippen molar-refractivity contribution in [2.45, 2.75) is 38.6 Å². The summed E-state index contributed by atoms with van der Waals surface area (Å²) in [6.45, 7) is 3.91. The second-order valence-corrected chi connectivity index (χ2v) is 6.75. The fourth-order valence-corrected chi connectivity index (χ4v) is 3.21. The van der Waals surface area contributed by atoms with Gasteiger partial charge >= 0.3 is 0 Å². The van der Waals surface area contributed by atoms with Crippen LogP contribution in [0.15, 0.2) is 16.7 Å². The minimum absolute atomic E-state index is 0.183. The highest BCUT2D eigenvalue weighted by molar-refractivity contribution is 9.10. The number of carbonyl (C=O) groups is 1. The number of halogens is 1. The van der Waals surface area contributed by atoms with Gasteiger partial charge in [-0.25, -0.2) is 4.98 Å². The Balaban J connectivity index is 1.58. The number of anilines is 1. The SMILES string of the molecule is Cc1cc(Br)cnc1N1CCC(C(=O)NC2CC2)CC1. The molecule has 0 aromatic carbocycles. The van der Waals surface area contributed by atoms with Crippen molar-refractivity contribution >= 4 is 27.7 Å². The number of nitrogens with one attached hydrogen (secondary N) is 1. The van der Waals surface area contributed by atoms with E-state index in [2.05, 4.69) is 44.1 Å². The number of hydrogen-bond acceptors (Lipinski definition) is 3. The predicted octanol–water partition coefficient (Wildman–Crippen LogP) is 2.65. The van der Waals surface area contributed by atoms with E-state index < -0.39 is 0 Å². The summed E-state index contributed by atoms with van der Waals surface area (Å²) >= 11 is 3.44. The van der Waals surface area contributed by atoms with E-state index in [0.29, 0.717) is 6.04 Å². The highest BCUT2D eigenvalue weighted by Crippen LogP contribution is 2.27. The molecule has 1 amide bonds. The van der Waals surface area contributed by atoms with Crippen molar-refractivity contribution < 1.29 is 4.79 Å². The summed E-state index contributed by atoms with van der Waals surface area (Å²) in [7, 11) is 0. The lowest BCUT2D eigenvalue weighted by Gasteiger charge is -2.33. The molecule has 0 spiro atoms. The minimum Gasteiger partial charge on any atom is -0.356 e. The van der Waals surface area contributed by atoms with Crippen LogP contribution in [0.25, 0.3) is 0 Å². The van der Waals surface area contributed by atoms with Gasteiger partial charge in [0, 0.05) is 35.7 Å².